The molecule has 1 fully saturated rings. The van der Waals surface area contributed by atoms with Crippen molar-refractivity contribution in [3.8, 4) is 0 Å². The van der Waals surface area contributed by atoms with Gasteiger partial charge < -0.3 is 4.74 Å². The summed E-state index contributed by atoms with van der Waals surface area (Å²) in [6, 6.07) is 8.69. The van der Waals surface area contributed by atoms with E-state index in [4.69, 9.17) is 4.74 Å². The van der Waals surface area contributed by atoms with Crippen molar-refractivity contribution >= 4 is 21.4 Å². The smallest absolute Gasteiger partial charge is 0.0594 e. The van der Waals surface area contributed by atoms with Gasteiger partial charge in [0.25, 0.3) is 0 Å². The summed E-state index contributed by atoms with van der Waals surface area (Å²) < 4.78 is 6.77. The second-order valence-electron chi connectivity index (χ2n) is 4.46. The Morgan fingerprint density at radius 2 is 2.00 bits per heavy atom. The van der Waals surface area contributed by atoms with E-state index in [0.717, 1.165) is 39.3 Å². The Hall–Kier alpha value is -0.900. The fraction of sp³-hybridized carbons (Fsp3) is 0.429. The maximum absolute atomic E-state index is 5.37. The van der Waals surface area contributed by atoms with Gasteiger partial charge in [0, 0.05) is 24.3 Å². The molecular formula is C14H17NOS. The van der Waals surface area contributed by atoms with Gasteiger partial charge in [0.05, 0.1) is 13.2 Å². The van der Waals surface area contributed by atoms with Gasteiger partial charge in [-0.1, -0.05) is 18.2 Å². The summed E-state index contributed by atoms with van der Waals surface area (Å²) in [7, 11) is 0. The molecule has 0 N–H and O–H groups in total. The van der Waals surface area contributed by atoms with Crippen molar-refractivity contribution in [2.75, 3.05) is 32.8 Å². The minimum absolute atomic E-state index is 0.893. The van der Waals surface area contributed by atoms with Crippen molar-refractivity contribution in [2.24, 2.45) is 0 Å². The number of ether oxygens (including phenoxy) is 1. The van der Waals surface area contributed by atoms with Crippen LogP contribution < -0.4 is 0 Å². The van der Waals surface area contributed by atoms with Crippen molar-refractivity contribution in [3.63, 3.8) is 0 Å². The molecule has 17 heavy (non-hydrogen) atoms. The fourth-order valence-electron chi connectivity index (χ4n) is 2.33. The average molecular weight is 247 g/mol. The minimum Gasteiger partial charge on any atom is -0.379 e. The summed E-state index contributed by atoms with van der Waals surface area (Å²) in [5.74, 6) is 0. The number of hydrogen-bond acceptors (Lipinski definition) is 3. The molecule has 3 rings (SSSR count). The maximum Gasteiger partial charge on any atom is 0.0594 e. The third-order valence-electron chi connectivity index (χ3n) is 3.36. The molecular weight excluding hydrogens is 230 g/mol. The average Bonchev–Trinajstić information content (AvgIpc) is 2.81. The SMILES string of the molecule is c1ccc2c(CCN3CCOCC3)csc2c1. The van der Waals surface area contributed by atoms with E-state index < -0.39 is 0 Å². The van der Waals surface area contributed by atoms with E-state index in [2.05, 4.69) is 34.5 Å². The summed E-state index contributed by atoms with van der Waals surface area (Å²) in [6.45, 7) is 5.11. The lowest BCUT2D eigenvalue weighted by atomic mass is 10.1. The van der Waals surface area contributed by atoms with Crippen molar-refractivity contribution in [2.45, 2.75) is 6.42 Å². The summed E-state index contributed by atoms with van der Waals surface area (Å²) in [6.07, 6.45) is 1.16. The lowest BCUT2D eigenvalue weighted by molar-refractivity contribution is 0.0385. The van der Waals surface area contributed by atoms with Gasteiger partial charge in [-0.3, -0.25) is 4.90 Å². The van der Waals surface area contributed by atoms with Crippen LogP contribution in [0.1, 0.15) is 5.56 Å². The molecule has 0 bridgehead atoms. The van der Waals surface area contributed by atoms with Crippen molar-refractivity contribution in [1.82, 2.24) is 4.90 Å². The highest BCUT2D eigenvalue weighted by atomic mass is 32.1. The van der Waals surface area contributed by atoms with Crippen molar-refractivity contribution < 1.29 is 4.74 Å². The van der Waals surface area contributed by atoms with E-state index in [1.807, 2.05) is 11.3 Å². The molecule has 0 aliphatic carbocycles. The molecule has 0 radical (unpaired) electrons. The zero-order chi connectivity index (χ0) is 11.5. The Bertz CT molecular complexity index is 488. The first kappa shape index (κ1) is 11.2. The molecule has 2 heterocycles. The second-order valence-corrected chi connectivity index (χ2v) is 5.37. The van der Waals surface area contributed by atoms with Crippen LogP contribution in [0.2, 0.25) is 0 Å². The molecule has 1 aliphatic heterocycles. The molecule has 1 aromatic heterocycles. The van der Waals surface area contributed by atoms with Gasteiger partial charge in [-0.25, -0.2) is 0 Å². The molecule has 3 heteroatoms. The number of benzene rings is 1. The van der Waals surface area contributed by atoms with Gasteiger partial charge in [-0.05, 0) is 28.8 Å². The van der Waals surface area contributed by atoms with Crippen LogP contribution in [-0.4, -0.2) is 37.7 Å². The van der Waals surface area contributed by atoms with Gasteiger partial charge >= 0.3 is 0 Å². The third-order valence-corrected chi connectivity index (χ3v) is 4.37. The van der Waals surface area contributed by atoms with Gasteiger partial charge in [-0.2, -0.15) is 0 Å². The van der Waals surface area contributed by atoms with Crippen LogP contribution in [0, 0.1) is 0 Å². The Kier molecular flexibility index (Phi) is 3.41. The summed E-state index contributed by atoms with van der Waals surface area (Å²) >= 11 is 1.86. The molecule has 0 atom stereocenters. The summed E-state index contributed by atoms with van der Waals surface area (Å²) in [5.41, 5.74) is 1.50. The van der Waals surface area contributed by atoms with E-state index in [-0.39, 0.29) is 0 Å². The number of rotatable bonds is 3. The number of morpholine rings is 1. The molecule has 0 amide bonds. The van der Waals surface area contributed by atoms with E-state index in [1.165, 1.54) is 15.6 Å². The van der Waals surface area contributed by atoms with Crippen LogP contribution in [-0.2, 0) is 11.2 Å². The Balaban J connectivity index is 1.68. The molecule has 2 aromatic rings. The highest BCUT2D eigenvalue weighted by Crippen LogP contribution is 2.26. The Morgan fingerprint density at radius 1 is 1.18 bits per heavy atom. The first-order valence-corrected chi connectivity index (χ1v) is 7.07. The van der Waals surface area contributed by atoms with E-state index >= 15 is 0 Å². The normalized spacial score (nSPS) is 17.6. The number of fused-ring (bicyclic) bond motifs is 1. The number of thiophene rings is 1. The van der Waals surface area contributed by atoms with Crippen LogP contribution in [0.25, 0.3) is 10.1 Å². The number of nitrogens with zero attached hydrogens (tertiary/aromatic N) is 1. The van der Waals surface area contributed by atoms with E-state index in [1.54, 1.807) is 0 Å². The fourth-order valence-corrected chi connectivity index (χ4v) is 3.33. The maximum atomic E-state index is 5.37. The van der Waals surface area contributed by atoms with Gasteiger partial charge in [0.2, 0.25) is 0 Å². The predicted molar refractivity (Wildman–Crippen MR) is 72.8 cm³/mol. The zero-order valence-electron chi connectivity index (χ0n) is 9.89. The molecule has 0 saturated carbocycles. The van der Waals surface area contributed by atoms with Crippen molar-refractivity contribution in [3.05, 3.63) is 35.2 Å². The molecule has 1 saturated heterocycles. The van der Waals surface area contributed by atoms with E-state index in [9.17, 15) is 0 Å². The van der Waals surface area contributed by atoms with Crippen LogP contribution >= 0.6 is 11.3 Å². The molecule has 0 spiro atoms. The lowest BCUT2D eigenvalue weighted by Crippen LogP contribution is -2.37. The monoisotopic (exact) mass is 247 g/mol. The molecule has 2 nitrogen and oxygen atoms in total. The van der Waals surface area contributed by atoms with Crippen molar-refractivity contribution in [1.29, 1.82) is 0 Å². The highest BCUT2D eigenvalue weighted by Gasteiger charge is 2.11. The molecule has 1 aromatic carbocycles. The second kappa shape index (κ2) is 5.17. The zero-order valence-corrected chi connectivity index (χ0v) is 10.7. The first-order valence-electron chi connectivity index (χ1n) is 6.19. The van der Waals surface area contributed by atoms with Crippen LogP contribution in [0.3, 0.4) is 0 Å². The van der Waals surface area contributed by atoms with Gasteiger partial charge in [-0.15, -0.1) is 11.3 Å². The molecule has 90 valence electrons. The summed E-state index contributed by atoms with van der Waals surface area (Å²) in [4.78, 5) is 2.50. The molecule has 0 unspecified atom stereocenters. The predicted octanol–water partition coefficient (Wildman–Crippen LogP) is 2.78. The van der Waals surface area contributed by atoms with Gasteiger partial charge in [0.15, 0.2) is 0 Å². The number of hydrogen-bond donors (Lipinski definition) is 0. The van der Waals surface area contributed by atoms with Crippen LogP contribution in [0.15, 0.2) is 29.6 Å². The van der Waals surface area contributed by atoms with Crippen LogP contribution in [0.4, 0.5) is 0 Å². The largest absolute Gasteiger partial charge is 0.379 e. The lowest BCUT2D eigenvalue weighted by Gasteiger charge is -2.26. The van der Waals surface area contributed by atoms with E-state index in [0.29, 0.717) is 0 Å². The quantitative estimate of drug-likeness (QED) is 0.827. The topological polar surface area (TPSA) is 12.5 Å². The Labute approximate surface area is 106 Å². The Morgan fingerprint density at radius 3 is 2.88 bits per heavy atom. The van der Waals surface area contributed by atoms with Gasteiger partial charge in [0.1, 0.15) is 0 Å². The highest BCUT2D eigenvalue weighted by molar-refractivity contribution is 7.17. The third kappa shape index (κ3) is 2.51. The van der Waals surface area contributed by atoms with Crippen LogP contribution in [0.5, 0.6) is 0 Å². The minimum atomic E-state index is 0.893. The standard InChI is InChI=1S/C14H17NOS/c1-2-4-14-13(3-1)12(11-17-14)5-6-15-7-9-16-10-8-15/h1-4,11H,5-10H2. The summed E-state index contributed by atoms with van der Waals surface area (Å²) in [5, 5.41) is 3.75. The first-order chi connectivity index (χ1) is 8.43. The molecule has 1 aliphatic rings.